The van der Waals surface area contributed by atoms with Gasteiger partial charge in [0.25, 0.3) is 0 Å². The van der Waals surface area contributed by atoms with Gasteiger partial charge in [-0.15, -0.1) is 11.8 Å². The molecular formula is C13H11BrN2O2S. The van der Waals surface area contributed by atoms with Gasteiger partial charge in [0, 0.05) is 15.6 Å². The first-order valence-electron chi connectivity index (χ1n) is 5.47. The molecule has 1 amide bonds. The Morgan fingerprint density at radius 3 is 2.89 bits per heavy atom. The largest absolute Gasteiger partial charge is 0.508 e. The molecule has 0 bridgehead atoms. The first-order chi connectivity index (χ1) is 9.13. The maximum Gasteiger partial charge on any atom is 0.235 e. The van der Waals surface area contributed by atoms with E-state index in [2.05, 4.69) is 26.2 Å². The van der Waals surface area contributed by atoms with E-state index in [0.29, 0.717) is 5.82 Å². The third-order valence-electron chi connectivity index (χ3n) is 2.18. The minimum atomic E-state index is -0.136. The summed E-state index contributed by atoms with van der Waals surface area (Å²) in [5.41, 5.74) is 0. The third-order valence-corrected chi connectivity index (χ3v) is 3.65. The van der Waals surface area contributed by atoms with E-state index in [1.165, 1.54) is 11.8 Å². The highest BCUT2D eigenvalue weighted by Gasteiger charge is 2.04. The number of hydrogen-bond donors (Lipinski definition) is 2. The van der Waals surface area contributed by atoms with E-state index in [9.17, 15) is 9.90 Å². The number of benzene rings is 1. The van der Waals surface area contributed by atoms with Gasteiger partial charge in [-0.2, -0.15) is 0 Å². The normalized spacial score (nSPS) is 10.2. The van der Waals surface area contributed by atoms with Crippen molar-refractivity contribution in [2.45, 2.75) is 4.90 Å². The molecule has 0 spiro atoms. The summed E-state index contributed by atoms with van der Waals surface area (Å²) in [4.78, 5) is 16.6. The molecule has 0 saturated carbocycles. The minimum absolute atomic E-state index is 0.136. The number of thioether (sulfide) groups is 1. The summed E-state index contributed by atoms with van der Waals surface area (Å²) in [6.07, 6.45) is 1.62. The van der Waals surface area contributed by atoms with Gasteiger partial charge in [0.15, 0.2) is 0 Å². The van der Waals surface area contributed by atoms with Crippen LogP contribution in [0.4, 0.5) is 5.82 Å². The van der Waals surface area contributed by atoms with Crippen LogP contribution >= 0.6 is 27.7 Å². The second-order valence-corrected chi connectivity index (χ2v) is 5.66. The van der Waals surface area contributed by atoms with Crippen LogP contribution in [-0.2, 0) is 4.79 Å². The van der Waals surface area contributed by atoms with Crippen LogP contribution in [0.15, 0.2) is 52.0 Å². The molecule has 0 aliphatic heterocycles. The molecule has 0 atom stereocenters. The molecule has 1 aromatic carbocycles. The number of aromatic nitrogens is 1. The zero-order valence-electron chi connectivity index (χ0n) is 9.84. The fourth-order valence-electron chi connectivity index (χ4n) is 1.35. The van der Waals surface area contributed by atoms with E-state index < -0.39 is 0 Å². The Hall–Kier alpha value is -1.53. The predicted octanol–water partition coefficient (Wildman–Crippen LogP) is 3.28. The number of phenols is 1. The lowest BCUT2D eigenvalue weighted by Crippen LogP contribution is -2.14. The average Bonchev–Trinajstić information content (AvgIpc) is 2.39. The predicted molar refractivity (Wildman–Crippen MR) is 79.4 cm³/mol. The molecule has 0 aliphatic carbocycles. The number of phenolic OH excluding ortho intramolecular Hbond substituents is 1. The van der Waals surface area contributed by atoms with E-state index in [-0.39, 0.29) is 17.4 Å². The zero-order valence-corrected chi connectivity index (χ0v) is 12.2. The van der Waals surface area contributed by atoms with Gasteiger partial charge in [-0.05, 0) is 46.3 Å². The topological polar surface area (TPSA) is 62.2 Å². The number of hydrogen-bond acceptors (Lipinski definition) is 4. The summed E-state index contributed by atoms with van der Waals surface area (Å²) in [6.45, 7) is 0. The van der Waals surface area contributed by atoms with E-state index in [1.807, 2.05) is 12.1 Å². The van der Waals surface area contributed by atoms with E-state index in [0.717, 1.165) is 9.37 Å². The molecule has 6 heteroatoms. The molecule has 0 radical (unpaired) electrons. The highest BCUT2D eigenvalue weighted by atomic mass is 79.9. The van der Waals surface area contributed by atoms with Crippen molar-refractivity contribution in [3.05, 3.63) is 47.1 Å². The van der Waals surface area contributed by atoms with Crippen LogP contribution in [0.2, 0.25) is 0 Å². The molecule has 2 aromatic rings. The van der Waals surface area contributed by atoms with E-state index >= 15 is 0 Å². The summed E-state index contributed by atoms with van der Waals surface area (Å²) in [5.74, 6) is 0.842. The minimum Gasteiger partial charge on any atom is -0.508 e. The number of aromatic hydroxyl groups is 1. The summed E-state index contributed by atoms with van der Waals surface area (Å²) in [5, 5.41) is 12.0. The maximum absolute atomic E-state index is 11.7. The number of amides is 1. The van der Waals surface area contributed by atoms with Crippen LogP contribution in [0.3, 0.4) is 0 Å². The molecule has 19 heavy (non-hydrogen) atoms. The quantitative estimate of drug-likeness (QED) is 0.840. The van der Waals surface area contributed by atoms with Crippen LogP contribution in [0, 0.1) is 0 Å². The smallest absolute Gasteiger partial charge is 0.235 e. The summed E-state index contributed by atoms with van der Waals surface area (Å²) in [7, 11) is 0. The van der Waals surface area contributed by atoms with Crippen molar-refractivity contribution < 1.29 is 9.90 Å². The van der Waals surface area contributed by atoms with E-state index in [1.54, 1.807) is 30.5 Å². The van der Waals surface area contributed by atoms with Gasteiger partial charge in [-0.3, -0.25) is 4.79 Å². The number of pyridine rings is 1. The molecule has 0 aliphatic rings. The van der Waals surface area contributed by atoms with E-state index in [4.69, 9.17) is 0 Å². The van der Waals surface area contributed by atoms with Crippen molar-refractivity contribution in [2.24, 2.45) is 0 Å². The van der Waals surface area contributed by atoms with Gasteiger partial charge in [0.2, 0.25) is 5.91 Å². The first kappa shape index (κ1) is 13.9. The number of anilines is 1. The molecule has 1 heterocycles. The molecule has 1 aromatic heterocycles. The Bertz CT molecular complexity index is 575. The number of nitrogens with one attached hydrogen (secondary N) is 1. The second kappa shape index (κ2) is 6.58. The molecule has 0 unspecified atom stereocenters. The Balaban J connectivity index is 1.86. The Labute approximate surface area is 123 Å². The highest BCUT2D eigenvalue weighted by molar-refractivity contribution is 9.10. The summed E-state index contributed by atoms with van der Waals surface area (Å²) in [6, 6.07) is 10.3. The average molecular weight is 339 g/mol. The number of nitrogens with zero attached hydrogens (tertiary/aromatic N) is 1. The van der Waals surface area contributed by atoms with Crippen LogP contribution < -0.4 is 5.32 Å². The van der Waals surface area contributed by atoms with Crippen molar-refractivity contribution in [2.75, 3.05) is 11.1 Å². The summed E-state index contributed by atoms with van der Waals surface area (Å²) >= 11 is 4.63. The van der Waals surface area contributed by atoms with Crippen molar-refractivity contribution in [1.29, 1.82) is 0 Å². The molecule has 0 fully saturated rings. The van der Waals surface area contributed by atoms with Crippen LogP contribution in [-0.4, -0.2) is 21.8 Å². The number of carbonyl (C=O) groups is 1. The zero-order chi connectivity index (χ0) is 13.7. The van der Waals surface area contributed by atoms with Gasteiger partial charge < -0.3 is 10.4 Å². The monoisotopic (exact) mass is 338 g/mol. The molecule has 0 saturated heterocycles. The van der Waals surface area contributed by atoms with Gasteiger partial charge in [0.05, 0.1) is 5.75 Å². The number of rotatable bonds is 4. The van der Waals surface area contributed by atoms with Crippen LogP contribution in [0.1, 0.15) is 0 Å². The molecule has 2 rings (SSSR count). The first-order valence-corrected chi connectivity index (χ1v) is 7.24. The molecule has 2 N–H and O–H groups in total. The highest BCUT2D eigenvalue weighted by Crippen LogP contribution is 2.22. The maximum atomic E-state index is 11.7. The fraction of sp³-hybridized carbons (Fsp3) is 0.0769. The van der Waals surface area contributed by atoms with Crippen LogP contribution in [0.5, 0.6) is 5.75 Å². The Morgan fingerprint density at radius 2 is 2.21 bits per heavy atom. The molecule has 4 nitrogen and oxygen atoms in total. The second-order valence-electron chi connectivity index (χ2n) is 3.70. The van der Waals surface area contributed by atoms with Gasteiger partial charge in [-0.1, -0.05) is 6.07 Å². The van der Waals surface area contributed by atoms with Gasteiger partial charge in [-0.25, -0.2) is 4.98 Å². The number of halogens is 1. The Kier molecular flexibility index (Phi) is 4.81. The van der Waals surface area contributed by atoms with Crippen LogP contribution in [0.25, 0.3) is 0 Å². The standard InChI is InChI=1S/C13H11BrN2O2S/c14-9-4-5-12(15-7-9)16-13(18)8-19-11-3-1-2-10(17)6-11/h1-7,17H,8H2,(H,15,16,18). The van der Waals surface area contributed by atoms with Gasteiger partial charge >= 0.3 is 0 Å². The Morgan fingerprint density at radius 1 is 1.37 bits per heavy atom. The third kappa shape index (κ3) is 4.57. The van der Waals surface area contributed by atoms with Crippen molar-refractivity contribution in [3.8, 4) is 5.75 Å². The molecule has 98 valence electrons. The van der Waals surface area contributed by atoms with Gasteiger partial charge in [0.1, 0.15) is 11.6 Å². The SMILES string of the molecule is O=C(CSc1cccc(O)c1)Nc1ccc(Br)cn1. The lowest BCUT2D eigenvalue weighted by Gasteiger charge is -2.04. The summed E-state index contributed by atoms with van der Waals surface area (Å²) < 4.78 is 0.861. The fourth-order valence-corrected chi connectivity index (χ4v) is 2.33. The lowest BCUT2D eigenvalue weighted by atomic mass is 10.3. The molecular weight excluding hydrogens is 328 g/mol. The van der Waals surface area contributed by atoms with Crippen molar-refractivity contribution in [3.63, 3.8) is 0 Å². The number of carbonyl (C=O) groups excluding carboxylic acids is 1. The lowest BCUT2D eigenvalue weighted by molar-refractivity contribution is -0.113. The van der Waals surface area contributed by atoms with Crippen molar-refractivity contribution in [1.82, 2.24) is 4.98 Å². The van der Waals surface area contributed by atoms with Crippen molar-refractivity contribution >= 4 is 39.4 Å².